The van der Waals surface area contributed by atoms with Gasteiger partial charge in [-0.15, -0.1) is 0 Å². The predicted octanol–water partition coefficient (Wildman–Crippen LogP) is 3.96. The minimum Gasteiger partial charge on any atom is -0.313 e. The molecule has 0 bridgehead atoms. The van der Waals surface area contributed by atoms with Crippen LogP contribution < -0.4 is 5.32 Å². The van der Waals surface area contributed by atoms with Crippen molar-refractivity contribution in [2.75, 3.05) is 7.05 Å². The lowest BCUT2D eigenvalue weighted by Crippen LogP contribution is -2.19. The van der Waals surface area contributed by atoms with Gasteiger partial charge in [-0.3, -0.25) is 4.98 Å². The molecule has 100 valence electrons. The first-order valence-electron chi connectivity index (χ1n) is 6.45. The van der Waals surface area contributed by atoms with Gasteiger partial charge in [0.2, 0.25) is 0 Å². The number of nitrogens with one attached hydrogen (secondary N) is 1. The van der Waals surface area contributed by atoms with E-state index >= 15 is 0 Å². The Morgan fingerprint density at radius 3 is 2.42 bits per heavy atom. The van der Waals surface area contributed by atoms with Crippen molar-refractivity contribution in [1.82, 2.24) is 10.3 Å². The first kappa shape index (κ1) is 14.2. The molecule has 2 aromatic rings. The third-order valence-electron chi connectivity index (χ3n) is 3.18. The second-order valence-corrected chi connectivity index (χ2v) is 5.77. The average Bonchev–Trinajstić information content (AvgIpc) is 2.34. The largest absolute Gasteiger partial charge is 0.313 e. The van der Waals surface area contributed by atoms with Crippen LogP contribution in [0.1, 0.15) is 28.6 Å². The molecule has 0 fully saturated rings. The molecular weight excluding hydrogens is 300 g/mol. The number of halogens is 1. The molecule has 0 spiro atoms. The second-order valence-electron chi connectivity index (χ2n) is 4.86. The number of hydrogen-bond donors (Lipinski definition) is 1. The molecule has 1 aromatic carbocycles. The van der Waals surface area contributed by atoms with E-state index in [2.05, 4.69) is 62.6 Å². The minimum absolute atomic E-state index is 0.315. The lowest BCUT2D eigenvalue weighted by Gasteiger charge is -2.18. The molecule has 1 aromatic heterocycles. The van der Waals surface area contributed by atoms with E-state index in [1.54, 1.807) is 0 Å². The number of rotatable bonds is 4. The van der Waals surface area contributed by atoms with Crippen LogP contribution in [-0.4, -0.2) is 12.0 Å². The standard InChI is InChI=1S/C16H19BrN2/c1-11-7-14(8-12(2)19-11)16(18-3)10-13-5-4-6-15(17)9-13/h4-9,16,18H,10H2,1-3H3. The number of nitrogens with zero attached hydrogens (tertiary/aromatic N) is 1. The normalized spacial score (nSPS) is 12.4. The van der Waals surface area contributed by atoms with Gasteiger partial charge >= 0.3 is 0 Å². The molecule has 0 radical (unpaired) electrons. The zero-order valence-corrected chi connectivity index (χ0v) is 13.2. The average molecular weight is 319 g/mol. The number of aryl methyl sites for hydroxylation is 2. The quantitative estimate of drug-likeness (QED) is 0.922. The number of likely N-dealkylation sites (N-methyl/N-ethyl adjacent to an activating group) is 1. The van der Waals surface area contributed by atoms with Gasteiger partial charge in [0.15, 0.2) is 0 Å². The van der Waals surface area contributed by atoms with E-state index in [0.717, 1.165) is 22.3 Å². The van der Waals surface area contributed by atoms with Gasteiger partial charge in [-0.05, 0) is 62.7 Å². The van der Waals surface area contributed by atoms with Crippen LogP contribution in [0.3, 0.4) is 0 Å². The molecule has 0 amide bonds. The third-order valence-corrected chi connectivity index (χ3v) is 3.68. The summed E-state index contributed by atoms with van der Waals surface area (Å²) in [6.07, 6.45) is 0.971. The van der Waals surface area contributed by atoms with E-state index in [1.165, 1.54) is 11.1 Å². The van der Waals surface area contributed by atoms with E-state index in [4.69, 9.17) is 0 Å². The first-order valence-corrected chi connectivity index (χ1v) is 7.24. The van der Waals surface area contributed by atoms with Gasteiger partial charge in [0.05, 0.1) is 0 Å². The van der Waals surface area contributed by atoms with Gasteiger partial charge in [0.25, 0.3) is 0 Å². The SMILES string of the molecule is CNC(Cc1cccc(Br)c1)c1cc(C)nc(C)c1. The molecule has 2 nitrogen and oxygen atoms in total. The highest BCUT2D eigenvalue weighted by molar-refractivity contribution is 9.10. The van der Waals surface area contributed by atoms with Crippen molar-refractivity contribution in [3.05, 3.63) is 63.4 Å². The molecule has 19 heavy (non-hydrogen) atoms. The maximum atomic E-state index is 4.44. The second kappa shape index (κ2) is 6.31. The molecule has 1 unspecified atom stereocenters. The van der Waals surface area contributed by atoms with Crippen LogP contribution in [-0.2, 0) is 6.42 Å². The van der Waals surface area contributed by atoms with Crippen LogP contribution >= 0.6 is 15.9 Å². The molecule has 3 heteroatoms. The summed E-state index contributed by atoms with van der Waals surface area (Å²) in [5, 5.41) is 3.40. The van der Waals surface area contributed by atoms with E-state index in [-0.39, 0.29) is 0 Å². The fourth-order valence-electron chi connectivity index (χ4n) is 2.35. The topological polar surface area (TPSA) is 24.9 Å². The predicted molar refractivity (Wildman–Crippen MR) is 83.4 cm³/mol. The van der Waals surface area contributed by atoms with Crippen molar-refractivity contribution in [2.24, 2.45) is 0 Å². The summed E-state index contributed by atoms with van der Waals surface area (Å²) in [5.74, 6) is 0. The van der Waals surface area contributed by atoms with Crippen molar-refractivity contribution in [3.8, 4) is 0 Å². The minimum atomic E-state index is 0.315. The highest BCUT2D eigenvalue weighted by Gasteiger charge is 2.11. The maximum Gasteiger partial charge on any atom is 0.0379 e. The van der Waals surface area contributed by atoms with E-state index in [1.807, 2.05) is 20.9 Å². The molecule has 1 heterocycles. The zero-order valence-electron chi connectivity index (χ0n) is 11.6. The smallest absolute Gasteiger partial charge is 0.0379 e. The summed E-state index contributed by atoms with van der Waals surface area (Å²) in [6, 6.07) is 13.1. The van der Waals surface area contributed by atoms with Crippen LogP contribution in [0.4, 0.5) is 0 Å². The Morgan fingerprint density at radius 1 is 1.16 bits per heavy atom. The Bertz CT molecular complexity index is 546. The van der Waals surface area contributed by atoms with Crippen LogP contribution in [0.2, 0.25) is 0 Å². The molecular formula is C16H19BrN2. The first-order chi connectivity index (χ1) is 9.08. The molecule has 0 aliphatic rings. The van der Waals surface area contributed by atoms with Crippen molar-refractivity contribution in [1.29, 1.82) is 0 Å². The number of hydrogen-bond acceptors (Lipinski definition) is 2. The lowest BCUT2D eigenvalue weighted by atomic mass is 9.98. The zero-order chi connectivity index (χ0) is 13.8. The van der Waals surface area contributed by atoms with E-state index in [0.29, 0.717) is 6.04 Å². The fraction of sp³-hybridized carbons (Fsp3) is 0.312. The summed E-state index contributed by atoms with van der Waals surface area (Å²) in [7, 11) is 2.01. The van der Waals surface area contributed by atoms with Crippen molar-refractivity contribution < 1.29 is 0 Å². The van der Waals surface area contributed by atoms with Crippen LogP contribution in [0.5, 0.6) is 0 Å². The van der Waals surface area contributed by atoms with Crippen molar-refractivity contribution in [3.63, 3.8) is 0 Å². The maximum absolute atomic E-state index is 4.44. The Balaban J connectivity index is 2.24. The van der Waals surface area contributed by atoms with Crippen LogP contribution in [0.15, 0.2) is 40.9 Å². The van der Waals surface area contributed by atoms with Gasteiger partial charge in [-0.25, -0.2) is 0 Å². The van der Waals surface area contributed by atoms with E-state index in [9.17, 15) is 0 Å². The van der Waals surface area contributed by atoms with Crippen LogP contribution in [0, 0.1) is 13.8 Å². The summed E-state index contributed by atoms with van der Waals surface area (Å²) >= 11 is 3.52. The summed E-state index contributed by atoms with van der Waals surface area (Å²) in [6.45, 7) is 4.09. The van der Waals surface area contributed by atoms with Gasteiger partial charge in [0.1, 0.15) is 0 Å². The third kappa shape index (κ3) is 3.88. The summed E-state index contributed by atoms with van der Waals surface area (Å²) in [5.41, 5.74) is 4.77. The summed E-state index contributed by atoms with van der Waals surface area (Å²) < 4.78 is 1.13. The fourth-order valence-corrected chi connectivity index (χ4v) is 2.80. The van der Waals surface area contributed by atoms with Gasteiger partial charge in [-0.1, -0.05) is 28.1 Å². The Morgan fingerprint density at radius 2 is 1.84 bits per heavy atom. The lowest BCUT2D eigenvalue weighted by molar-refractivity contribution is 0.590. The molecule has 0 aliphatic carbocycles. The van der Waals surface area contributed by atoms with Gasteiger partial charge < -0.3 is 5.32 Å². The van der Waals surface area contributed by atoms with Crippen molar-refractivity contribution in [2.45, 2.75) is 26.3 Å². The van der Waals surface area contributed by atoms with Crippen molar-refractivity contribution >= 4 is 15.9 Å². The number of benzene rings is 1. The molecule has 0 aliphatic heterocycles. The highest BCUT2D eigenvalue weighted by atomic mass is 79.9. The highest BCUT2D eigenvalue weighted by Crippen LogP contribution is 2.21. The molecule has 1 N–H and O–H groups in total. The van der Waals surface area contributed by atoms with E-state index < -0.39 is 0 Å². The van der Waals surface area contributed by atoms with Gasteiger partial charge in [0, 0.05) is 21.9 Å². The molecule has 2 rings (SSSR count). The molecule has 0 saturated heterocycles. The summed E-state index contributed by atoms with van der Waals surface area (Å²) in [4.78, 5) is 4.44. The molecule has 1 atom stereocenters. The Kier molecular flexibility index (Phi) is 4.72. The number of aromatic nitrogens is 1. The van der Waals surface area contributed by atoms with Crippen LogP contribution in [0.25, 0.3) is 0 Å². The molecule has 0 saturated carbocycles. The Labute approximate surface area is 123 Å². The monoisotopic (exact) mass is 318 g/mol. The number of pyridine rings is 1. The Hall–Kier alpha value is -1.19. The van der Waals surface area contributed by atoms with Gasteiger partial charge in [-0.2, -0.15) is 0 Å².